The summed E-state index contributed by atoms with van der Waals surface area (Å²) in [5, 5.41) is 31.1. The fourth-order valence-electron chi connectivity index (χ4n) is 10.7. The Hall–Kier alpha value is -0.330. The predicted octanol–water partition coefficient (Wildman–Crippen LogP) is 4.52. The number of nitrogens with two attached hydrogens (primary N) is 1. The largest absolute Gasteiger partial charge is 0.397 e. The average molecular weight is 644 g/mol. The summed E-state index contributed by atoms with van der Waals surface area (Å²) in [7, 11) is -4.50. The van der Waals surface area contributed by atoms with Gasteiger partial charge in [0.1, 0.15) is 0 Å². The Bertz CT molecular complexity index is 1010. The van der Waals surface area contributed by atoms with Gasteiger partial charge in [0.25, 0.3) is 0 Å². The van der Waals surface area contributed by atoms with E-state index in [9.17, 15) is 23.2 Å². The van der Waals surface area contributed by atoms with Crippen LogP contribution in [0.5, 0.6) is 0 Å². The minimum Gasteiger partial charge on any atom is -0.393 e. The van der Waals surface area contributed by atoms with Gasteiger partial charge in [0.15, 0.2) is 0 Å². The van der Waals surface area contributed by atoms with E-state index in [0.29, 0.717) is 36.1 Å². The van der Waals surface area contributed by atoms with Gasteiger partial charge in [0, 0.05) is 6.04 Å². The maximum atomic E-state index is 11.9. The van der Waals surface area contributed by atoms with E-state index >= 15 is 0 Å². The maximum absolute atomic E-state index is 11.9. The first kappa shape index (κ1) is 36.5. The number of aliphatic hydroxyl groups excluding tert-OH is 2. The molecule has 0 aromatic carbocycles. The van der Waals surface area contributed by atoms with Gasteiger partial charge in [0.05, 0.1) is 18.3 Å². The van der Waals surface area contributed by atoms with E-state index in [4.69, 9.17) is 9.92 Å². The minimum absolute atomic E-state index is 0.0398. The number of unbranched alkanes of at least 4 members (excludes halogenated alkanes) is 1. The van der Waals surface area contributed by atoms with E-state index in [1.165, 1.54) is 0 Å². The highest BCUT2D eigenvalue weighted by molar-refractivity contribution is 7.80. The van der Waals surface area contributed by atoms with Crippen LogP contribution < -0.4 is 16.4 Å². The van der Waals surface area contributed by atoms with Gasteiger partial charge in [-0.25, -0.2) is 4.18 Å². The Morgan fingerprint density at radius 3 is 2.34 bits per heavy atom. The normalized spacial score (nSPS) is 40.3. The van der Waals surface area contributed by atoms with Crippen LogP contribution in [0.1, 0.15) is 112 Å². The topological polar surface area (TPSA) is 154 Å². The van der Waals surface area contributed by atoms with E-state index in [1.807, 2.05) is 13.8 Å². The molecule has 9 nitrogen and oxygen atoms in total. The molecule has 258 valence electrons. The molecule has 4 rings (SSSR count). The lowest BCUT2D eigenvalue weighted by molar-refractivity contribution is -0.202. The maximum Gasteiger partial charge on any atom is 0.397 e. The van der Waals surface area contributed by atoms with Crippen LogP contribution >= 0.6 is 0 Å². The second-order valence-corrected chi connectivity index (χ2v) is 17.0. The summed E-state index contributed by atoms with van der Waals surface area (Å²) in [4.78, 5) is 0. The van der Waals surface area contributed by atoms with Crippen molar-refractivity contribution >= 4 is 10.4 Å². The molecule has 4 aliphatic rings. The molecule has 0 amide bonds. The lowest BCUT2D eigenvalue weighted by Crippen LogP contribution is -2.62. The Kier molecular flexibility index (Phi) is 12.7. The van der Waals surface area contributed by atoms with E-state index in [1.54, 1.807) is 0 Å². The zero-order valence-electron chi connectivity index (χ0n) is 28.2. The molecule has 0 bridgehead atoms. The zero-order chi connectivity index (χ0) is 32.3. The smallest absolute Gasteiger partial charge is 0.393 e. The molecule has 4 fully saturated rings. The second-order valence-electron chi connectivity index (χ2n) is 16.0. The molecule has 4 aliphatic carbocycles. The molecule has 0 aliphatic heterocycles. The van der Waals surface area contributed by atoms with Crippen molar-refractivity contribution in [3.63, 3.8) is 0 Å². The Labute approximate surface area is 268 Å². The molecule has 0 heterocycles. The third kappa shape index (κ3) is 8.03. The highest BCUT2D eigenvalue weighted by Gasteiger charge is 2.65. The van der Waals surface area contributed by atoms with Crippen LogP contribution in [0.2, 0.25) is 0 Å². The molecule has 4 saturated carbocycles. The van der Waals surface area contributed by atoms with Gasteiger partial charge in [-0.2, -0.15) is 8.42 Å². The van der Waals surface area contributed by atoms with Crippen molar-refractivity contribution < 1.29 is 27.4 Å². The highest BCUT2D eigenvalue weighted by atomic mass is 32.3. The summed E-state index contributed by atoms with van der Waals surface area (Å²) in [6.07, 6.45) is 10.5. The molecule has 0 aromatic rings. The zero-order valence-corrected chi connectivity index (χ0v) is 29.0. The van der Waals surface area contributed by atoms with Crippen LogP contribution in [-0.4, -0.2) is 73.7 Å². The van der Waals surface area contributed by atoms with Crippen molar-refractivity contribution in [3.05, 3.63) is 0 Å². The molecular formula is C34H65N3O6S. The fraction of sp³-hybridized carbons (Fsp3) is 1.00. The Morgan fingerprint density at radius 2 is 1.66 bits per heavy atom. The fourth-order valence-corrected chi connectivity index (χ4v) is 11.3. The van der Waals surface area contributed by atoms with Crippen molar-refractivity contribution in [1.29, 1.82) is 0 Å². The molecule has 0 saturated heterocycles. The molecule has 10 heteroatoms. The number of hydrogen-bond acceptors (Lipinski definition) is 8. The van der Waals surface area contributed by atoms with Crippen molar-refractivity contribution in [3.8, 4) is 0 Å². The van der Waals surface area contributed by atoms with E-state index in [2.05, 4.69) is 31.4 Å². The molecule has 12 atom stereocenters. The van der Waals surface area contributed by atoms with Gasteiger partial charge in [-0.05, 0) is 155 Å². The summed E-state index contributed by atoms with van der Waals surface area (Å²) in [5.74, 6) is 1.86. The molecule has 0 radical (unpaired) electrons. The van der Waals surface area contributed by atoms with Gasteiger partial charge in [-0.1, -0.05) is 34.6 Å². The van der Waals surface area contributed by atoms with Gasteiger partial charge >= 0.3 is 10.4 Å². The summed E-state index contributed by atoms with van der Waals surface area (Å²) < 4.78 is 37.1. The summed E-state index contributed by atoms with van der Waals surface area (Å²) in [6.45, 7) is 14.6. The first-order valence-electron chi connectivity index (χ1n) is 17.9. The van der Waals surface area contributed by atoms with Crippen LogP contribution in [0.4, 0.5) is 0 Å². The summed E-state index contributed by atoms with van der Waals surface area (Å²) in [6, 6.07) is 0.504. The Balaban J connectivity index is 1.35. The Morgan fingerprint density at radius 1 is 0.932 bits per heavy atom. The standard InChI is InChI=1S/C34H65N3O6S/c1-22(2)30(43-44(40,41)42)12-9-23(3)26-10-11-27-32-28(21-31(39)34(26,27)5)33(4)14-13-25(19-24(33)20-29(32)38)37-18-8-17-36-16-7-6-15-35/h22-32,36-39H,6-21,35H2,1-5H3,(H,40,41,42)/t23-,24-,25+,26?,27+,28+,29-,30-,31+,32+,33+,34-/m1/s1. The highest BCUT2D eigenvalue weighted by Crippen LogP contribution is 2.68. The second kappa shape index (κ2) is 15.3. The first-order valence-corrected chi connectivity index (χ1v) is 19.2. The molecule has 0 aromatic heterocycles. The molecule has 1 unspecified atom stereocenters. The third-order valence-corrected chi connectivity index (χ3v) is 13.7. The number of rotatable bonds is 16. The van der Waals surface area contributed by atoms with Crippen molar-refractivity contribution in [2.24, 2.45) is 58.0 Å². The van der Waals surface area contributed by atoms with Crippen molar-refractivity contribution in [2.45, 2.75) is 136 Å². The van der Waals surface area contributed by atoms with Crippen molar-refractivity contribution in [2.75, 3.05) is 26.2 Å². The molecular weight excluding hydrogens is 578 g/mol. The van der Waals surface area contributed by atoms with Gasteiger partial charge in [0.2, 0.25) is 0 Å². The van der Waals surface area contributed by atoms with E-state index < -0.39 is 22.6 Å². The monoisotopic (exact) mass is 643 g/mol. The van der Waals surface area contributed by atoms with Crippen LogP contribution in [-0.2, 0) is 14.6 Å². The summed E-state index contributed by atoms with van der Waals surface area (Å²) in [5.41, 5.74) is 5.46. The van der Waals surface area contributed by atoms with Crippen LogP contribution in [0, 0.1) is 52.3 Å². The lowest BCUT2D eigenvalue weighted by atomic mass is 9.43. The molecule has 7 N–H and O–H groups in total. The van der Waals surface area contributed by atoms with Gasteiger partial charge in [-0.3, -0.25) is 4.55 Å². The number of nitrogens with one attached hydrogen (secondary N) is 2. The third-order valence-electron chi connectivity index (χ3n) is 13.2. The number of hydrogen-bond donors (Lipinski definition) is 6. The first-order chi connectivity index (χ1) is 20.7. The van der Waals surface area contributed by atoms with Crippen molar-refractivity contribution in [1.82, 2.24) is 10.6 Å². The van der Waals surface area contributed by atoms with Crippen LogP contribution in [0.25, 0.3) is 0 Å². The van der Waals surface area contributed by atoms with Crippen LogP contribution in [0.15, 0.2) is 0 Å². The number of fused-ring (bicyclic) bond motifs is 5. The SMILES string of the molecule is CC(C)[C@@H](CC[C@@H](C)C1CC[C@H]2[C@@H]3[C@H](O)C[C@H]4C[C@@H](NCCCNCCCCN)CC[C@]4(C)[C@H]3C[C@H](O)[C@]12C)OS(=O)(=O)O. The average Bonchev–Trinajstić information content (AvgIpc) is 3.31. The lowest BCUT2D eigenvalue weighted by Gasteiger charge is -2.64. The molecule has 0 spiro atoms. The predicted molar refractivity (Wildman–Crippen MR) is 175 cm³/mol. The van der Waals surface area contributed by atoms with E-state index in [0.717, 1.165) is 96.8 Å². The van der Waals surface area contributed by atoms with Gasteiger partial charge in [-0.15, -0.1) is 0 Å². The van der Waals surface area contributed by atoms with Crippen LogP contribution in [0.3, 0.4) is 0 Å². The molecule has 44 heavy (non-hydrogen) atoms. The summed E-state index contributed by atoms with van der Waals surface area (Å²) >= 11 is 0. The quantitative estimate of drug-likeness (QED) is 0.105. The van der Waals surface area contributed by atoms with E-state index in [-0.39, 0.29) is 34.7 Å². The van der Waals surface area contributed by atoms with Gasteiger partial charge < -0.3 is 26.6 Å². The number of aliphatic hydroxyl groups is 2. The minimum atomic E-state index is -4.50.